The fourth-order valence-electron chi connectivity index (χ4n) is 1.74. The van der Waals surface area contributed by atoms with Gasteiger partial charge in [-0.15, -0.1) is 0 Å². The summed E-state index contributed by atoms with van der Waals surface area (Å²) < 4.78 is 26.5. The van der Waals surface area contributed by atoms with E-state index in [-0.39, 0.29) is 23.6 Å². The number of carbonyl (C=O) groups excluding carboxylic acids is 1. The highest BCUT2D eigenvalue weighted by atomic mass is 19.1. The van der Waals surface area contributed by atoms with E-state index in [0.29, 0.717) is 25.5 Å². The largest absolute Gasteiger partial charge is 0.366 e. The Kier molecular flexibility index (Phi) is 3.56. The third kappa shape index (κ3) is 2.65. The second-order valence-electron chi connectivity index (χ2n) is 3.98. The van der Waals surface area contributed by atoms with Crippen LogP contribution >= 0.6 is 0 Å². The van der Waals surface area contributed by atoms with Gasteiger partial charge in [-0.1, -0.05) is 0 Å². The molecule has 98 valence electrons. The number of nitrogens with one attached hydrogen (secondary N) is 3. The summed E-state index contributed by atoms with van der Waals surface area (Å²) in [6, 6.07) is 0.621. The lowest BCUT2D eigenvalue weighted by Crippen LogP contribution is -2.32. The number of amides is 1. The maximum absolute atomic E-state index is 13.4. The van der Waals surface area contributed by atoms with Crippen LogP contribution in [0.1, 0.15) is 12.8 Å². The molecule has 2 heterocycles. The Hall–Kier alpha value is -1.96. The Labute approximate surface area is 102 Å². The minimum Gasteiger partial charge on any atom is -0.366 e. The topological polar surface area (TPSA) is 92.1 Å². The lowest BCUT2D eigenvalue weighted by atomic mass is 10.2. The SMILES string of the molecule is NNc1nc(NCC2CCC(=O)N2)c(F)cc1F. The summed E-state index contributed by atoms with van der Waals surface area (Å²) >= 11 is 0. The van der Waals surface area contributed by atoms with Crippen LogP contribution in [0.2, 0.25) is 0 Å². The number of nitrogens with two attached hydrogens (primary N) is 1. The highest BCUT2D eigenvalue weighted by molar-refractivity contribution is 5.78. The standard InChI is InChI=1S/C10H13F2N5O/c11-6-3-7(12)10(17-13)16-9(6)14-4-5-1-2-8(18)15-5/h3,5H,1-2,4,13H2,(H,15,18)(H2,14,16,17). The number of rotatable bonds is 4. The molecule has 0 aromatic carbocycles. The van der Waals surface area contributed by atoms with Gasteiger partial charge >= 0.3 is 0 Å². The summed E-state index contributed by atoms with van der Waals surface area (Å²) in [5.41, 5.74) is 2.04. The van der Waals surface area contributed by atoms with Crippen molar-refractivity contribution in [3.8, 4) is 0 Å². The number of anilines is 2. The van der Waals surface area contributed by atoms with Crippen LogP contribution in [0.15, 0.2) is 6.07 Å². The van der Waals surface area contributed by atoms with E-state index in [0.717, 1.165) is 0 Å². The molecule has 1 fully saturated rings. The molecule has 1 aliphatic heterocycles. The zero-order valence-corrected chi connectivity index (χ0v) is 9.46. The number of hydrogen-bond acceptors (Lipinski definition) is 5. The van der Waals surface area contributed by atoms with Gasteiger partial charge in [-0.25, -0.2) is 19.6 Å². The van der Waals surface area contributed by atoms with E-state index in [1.54, 1.807) is 0 Å². The highest BCUT2D eigenvalue weighted by Crippen LogP contribution is 2.18. The van der Waals surface area contributed by atoms with Crippen LogP contribution < -0.4 is 21.9 Å². The van der Waals surface area contributed by atoms with Crippen LogP contribution in [-0.4, -0.2) is 23.5 Å². The van der Waals surface area contributed by atoms with Crippen molar-refractivity contribution in [2.24, 2.45) is 5.84 Å². The molecule has 0 spiro atoms. The van der Waals surface area contributed by atoms with Crippen molar-refractivity contribution < 1.29 is 13.6 Å². The molecule has 8 heteroatoms. The molecular formula is C10H13F2N5O. The van der Waals surface area contributed by atoms with Gasteiger partial charge in [-0.05, 0) is 6.42 Å². The van der Waals surface area contributed by atoms with E-state index in [1.807, 2.05) is 5.43 Å². The number of nitrogens with zero attached hydrogens (tertiary/aromatic N) is 1. The number of hydrogen-bond donors (Lipinski definition) is 4. The van der Waals surface area contributed by atoms with Crippen molar-refractivity contribution in [1.29, 1.82) is 0 Å². The summed E-state index contributed by atoms with van der Waals surface area (Å²) in [4.78, 5) is 14.6. The molecule has 6 nitrogen and oxygen atoms in total. The van der Waals surface area contributed by atoms with Crippen molar-refractivity contribution in [1.82, 2.24) is 10.3 Å². The van der Waals surface area contributed by atoms with Crippen LogP contribution in [0.3, 0.4) is 0 Å². The summed E-state index contributed by atoms with van der Waals surface area (Å²) in [7, 11) is 0. The van der Waals surface area contributed by atoms with Crippen LogP contribution in [0.5, 0.6) is 0 Å². The number of nitrogen functional groups attached to an aromatic ring is 1. The van der Waals surface area contributed by atoms with Gasteiger partial charge in [0.05, 0.1) is 0 Å². The quantitative estimate of drug-likeness (QED) is 0.461. The van der Waals surface area contributed by atoms with E-state index >= 15 is 0 Å². The van der Waals surface area contributed by atoms with Gasteiger partial charge in [-0.2, -0.15) is 0 Å². The number of pyridine rings is 1. The molecular weight excluding hydrogens is 244 g/mol. The second-order valence-corrected chi connectivity index (χ2v) is 3.98. The monoisotopic (exact) mass is 257 g/mol. The van der Waals surface area contributed by atoms with Crippen molar-refractivity contribution in [2.45, 2.75) is 18.9 Å². The van der Waals surface area contributed by atoms with Gasteiger partial charge in [0, 0.05) is 25.1 Å². The predicted octanol–water partition coefficient (Wildman–Crippen LogP) is 0.336. The third-order valence-corrected chi connectivity index (χ3v) is 2.67. The molecule has 1 aromatic heterocycles. The highest BCUT2D eigenvalue weighted by Gasteiger charge is 2.21. The fraction of sp³-hybridized carbons (Fsp3) is 0.400. The van der Waals surface area contributed by atoms with Crippen molar-refractivity contribution in [2.75, 3.05) is 17.3 Å². The maximum Gasteiger partial charge on any atom is 0.220 e. The minimum absolute atomic E-state index is 0.0290. The average Bonchev–Trinajstić information content (AvgIpc) is 2.74. The van der Waals surface area contributed by atoms with Crippen molar-refractivity contribution >= 4 is 17.5 Å². The molecule has 5 N–H and O–H groups in total. The molecule has 0 aliphatic carbocycles. The Bertz CT molecular complexity index is 468. The molecule has 1 aromatic rings. The van der Waals surface area contributed by atoms with E-state index in [9.17, 15) is 13.6 Å². The molecule has 1 saturated heterocycles. The van der Waals surface area contributed by atoms with Crippen LogP contribution in [0.4, 0.5) is 20.4 Å². The lowest BCUT2D eigenvalue weighted by Gasteiger charge is -2.13. The number of halogens is 2. The summed E-state index contributed by atoms with van der Waals surface area (Å²) in [5.74, 6) is 2.99. The number of hydrazine groups is 1. The second kappa shape index (κ2) is 5.13. The van der Waals surface area contributed by atoms with Crippen LogP contribution in [0.25, 0.3) is 0 Å². The van der Waals surface area contributed by atoms with Gasteiger partial charge in [0.25, 0.3) is 0 Å². The molecule has 18 heavy (non-hydrogen) atoms. The molecule has 0 radical (unpaired) electrons. The Morgan fingerprint density at radius 1 is 1.44 bits per heavy atom. The maximum atomic E-state index is 13.4. The average molecular weight is 257 g/mol. The Balaban J connectivity index is 2.02. The summed E-state index contributed by atoms with van der Waals surface area (Å²) in [5, 5.41) is 5.43. The van der Waals surface area contributed by atoms with E-state index in [1.165, 1.54) is 0 Å². The molecule has 1 aliphatic rings. The number of aromatic nitrogens is 1. The van der Waals surface area contributed by atoms with Crippen LogP contribution in [-0.2, 0) is 4.79 Å². The fourth-order valence-corrected chi connectivity index (χ4v) is 1.74. The molecule has 1 amide bonds. The van der Waals surface area contributed by atoms with Gasteiger partial charge in [0.1, 0.15) is 0 Å². The first-order valence-electron chi connectivity index (χ1n) is 5.46. The zero-order valence-electron chi connectivity index (χ0n) is 9.46. The van der Waals surface area contributed by atoms with Gasteiger partial charge in [0.2, 0.25) is 5.91 Å². The first kappa shape index (κ1) is 12.5. The lowest BCUT2D eigenvalue weighted by molar-refractivity contribution is -0.119. The Morgan fingerprint density at radius 2 is 2.17 bits per heavy atom. The minimum atomic E-state index is -0.866. The summed E-state index contributed by atoms with van der Waals surface area (Å²) in [6.45, 7) is 0.325. The first-order valence-corrected chi connectivity index (χ1v) is 5.46. The molecule has 1 atom stereocenters. The number of carbonyl (C=O) groups is 1. The van der Waals surface area contributed by atoms with Crippen molar-refractivity contribution in [3.05, 3.63) is 17.7 Å². The molecule has 0 bridgehead atoms. The van der Waals surface area contributed by atoms with Crippen LogP contribution in [0, 0.1) is 11.6 Å². The van der Waals surface area contributed by atoms with Gasteiger partial charge < -0.3 is 16.1 Å². The summed E-state index contributed by atoms with van der Waals surface area (Å²) in [6.07, 6.45) is 1.14. The van der Waals surface area contributed by atoms with E-state index in [4.69, 9.17) is 5.84 Å². The third-order valence-electron chi connectivity index (χ3n) is 2.67. The van der Waals surface area contributed by atoms with Gasteiger partial charge in [0.15, 0.2) is 23.3 Å². The van der Waals surface area contributed by atoms with E-state index in [2.05, 4.69) is 15.6 Å². The first-order chi connectivity index (χ1) is 8.60. The normalized spacial score (nSPS) is 18.6. The van der Waals surface area contributed by atoms with Crippen molar-refractivity contribution in [3.63, 3.8) is 0 Å². The van der Waals surface area contributed by atoms with Gasteiger partial charge in [-0.3, -0.25) is 4.79 Å². The molecule has 0 saturated carbocycles. The molecule has 1 unspecified atom stereocenters. The smallest absolute Gasteiger partial charge is 0.220 e. The Morgan fingerprint density at radius 3 is 2.78 bits per heavy atom. The zero-order chi connectivity index (χ0) is 13.1. The molecule has 2 rings (SSSR count). The predicted molar refractivity (Wildman–Crippen MR) is 61.6 cm³/mol. The van der Waals surface area contributed by atoms with E-state index < -0.39 is 11.6 Å².